The summed E-state index contributed by atoms with van der Waals surface area (Å²) in [5.74, 6) is 0.348. The van der Waals surface area contributed by atoms with E-state index in [0.717, 1.165) is 6.42 Å². The zero-order valence-corrected chi connectivity index (χ0v) is 13.0. The minimum atomic E-state index is -0.805. The number of aromatic hydroxyl groups is 2. The molecule has 0 aliphatic rings. The molecule has 0 amide bonds. The molecule has 1 rings (SSSR count). The highest BCUT2D eigenvalue weighted by molar-refractivity contribution is 5.70. The molecule has 7 heteroatoms. The Morgan fingerprint density at radius 2 is 1.86 bits per heavy atom. The van der Waals surface area contributed by atoms with Crippen molar-refractivity contribution in [3.63, 3.8) is 0 Å². The first-order valence-corrected chi connectivity index (χ1v) is 6.93. The fraction of sp³-hybridized carbons (Fsp3) is 0.467. The third kappa shape index (κ3) is 4.28. The van der Waals surface area contributed by atoms with Gasteiger partial charge in [0.15, 0.2) is 11.5 Å². The van der Waals surface area contributed by atoms with Gasteiger partial charge >= 0.3 is 0 Å². The highest BCUT2D eigenvalue weighted by Crippen LogP contribution is 2.42. The Bertz CT molecular complexity index is 539. The summed E-state index contributed by atoms with van der Waals surface area (Å²) in [6.45, 7) is 3.44. The number of hydrogen-bond donors (Lipinski definition) is 2. The van der Waals surface area contributed by atoms with Crippen molar-refractivity contribution in [2.24, 2.45) is 0 Å². The van der Waals surface area contributed by atoms with E-state index in [1.165, 1.54) is 7.11 Å². The molecule has 0 atom stereocenters. The molecule has 22 heavy (non-hydrogen) atoms. The van der Waals surface area contributed by atoms with E-state index in [4.69, 9.17) is 4.74 Å². The summed E-state index contributed by atoms with van der Waals surface area (Å²) in [5, 5.41) is 29.4. The van der Waals surface area contributed by atoms with Crippen LogP contribution in [0.3, 0.4) is 0 Å². The first-order valence-electron chi connectivity index (χ1n) is 6.93. The van der Waals surface area contributed by atoms with Crippen LogP contribution >= 0.6 is 0 Å². The monoisotopic (exact) mass is 311 g/mol. The number of phenolic OH excluding ortho intramolecular Hbond substituents is 2. The van der Waals surface area contributed by atoms with Gasteiger partial charge in [0.05, 0.1) is 13.7 Å². The van der Waals surface area contributed by atoms with Gasteiger partial charge in [-0.3, -0.25) is 0 Å². The van der Waals surface area contributed by atoms with Gasteiger partial charge in [-0.2, -0.15) is 0 Å². The minimum absolute atomic E-state index is 0.0110. The zero-order valence-electron chi connectivity index (χ0n) is 13.0. The summed E-state index contributed by atoms with van der Waals surface area (Å²) in [6.07, 6.45) is 5.56. The largest absolute Gasteiger partial charge is 0.507 e. The summed E-state index contributed by atoms with van der Waals surface area (Å²) in [5.41, 5.74) is 1.55. The molecule has 122 valence electrons. The van der Waals surface area contributed by atoms with Crippen molar-refractivity contribution in [1.82, 2.24) is 0 Å². The lowest BCUT2D eigenvalue weighted by atomic mass is 10.0. The average Bonchev–Trinajstić information content (AvgIpc) is 2.47. The van der Waals surface area contributed by atoms with Crippen LogP contribution in [0.4, 0.5) is 0 Å². The maximum atomic E-state index is 10.2. The molecule has 0 radical (unpaired) electrons. The van der Waals surface area contributed by atoms with Crippen molar-refractivity contribution < 1.29 is 24.9 Å². The standard InChI is InChI=1S/C15H21NO6/c1-10-12(8-6-4-5-7-9-22-16(19)20)13(17)11(2)15(21-3)14(10)18/h6,8,17-18H,4-5,7,9H2,1-3H3. The van der Waals surface area contributed by atoms with Crippen molar-refractivity contribution in [2.45, 2.75) is 33.1 Å². The van der Waals surface area contributed by atoms with Crippen LogP contribution in [0.25, 0.3) is 6.08 Å². The van der Waals surface area contributed by atoms with Gasteiger partial charge < -0.3 is 19.8 Å². The van der Waals surface area contributed by atoms with E-state index in [1.54, 1.807) is 19.9 Å². The van der Waals surface area contributed by atoms with E-state index in [2.05, 4.69) is 4.84 Å². The van der Waals surface area contributed by atoms with Crippen LogP contribution in [-0.2, 0) is 4.84 Å². The van der Waals surface area contributed by atoms with E-state index in [1.807, 2.05) is 6.08 Å². The Labute approximate surface area is 128 Å². The van der Waals surface area contributed by atoms with Crippen molar-refractivity contribution >= 4 is 6.08 Å². The Hall–Kier alpha value is -2.44. The van der Waals surface area contributed by atoms with Gasteiger partial charge in [0.25, 0.3) is 5.09 Å². The number of rotatable bonds is 8. The number of phenols is 2. The lowest BCUT2D eigenvalue weighted by molar-refractivity contribution is -0.757. The Morgan fingerprint density at radius 3 is 2.45 bits per heavy atom. The number of hydrogen-bond acceptors (Lipinski definition) is 6. The number of benzene rings is 1. The van der Waals surface area contributed by atoms with Crippen molar-refractivity contribution in [2.75, 3.05) is 13.7 Å². The van der Waals surface area contributed by atoms with E-state index >= 15 is 0 Å². The van der Waals surface area contributed by atoms with Crippen LogP contribution in [0.1, 0.15) is 36.0 Å². The van der Waals surface area contributed by atoms with E-state index in [9.17, 15) is 20.3 Å². The molecule has 0 aromatic heterocycles. The van der Waals surface area contributed by atoms with Crippen LogP contribution in [-0.4, -0.2) is 29.0 Å². The fourth-order valence-electron chi connectivity index (χ4n) is 2.12. The number of ether oxygens (including phenoxy) is 1. The van der Waals surface area contributed by atoms with Gasteiger partial charge in [0.2, 0.25) is 0 Å². The third-order valence-electron chi connectivity index (χ3n) is 3.38. The SMILES string of the molecule is COc1c(C)c(O)c(C=CCCCCO[N+](=O)[O-])c(C)c1O. The Kier molecular flexibility index (Phi) is 6.49. The number of nitrogens with zero attached hydrogens (tertiary/aromatic N) is 1. The predicted molar refractivity (Wildman–Crippen MR) is 81.6 cm³/mol. The average molecular weight is 311 g/mol. The minimum Gasteiger partial charge on any atom is -0.507 e. The van der Waals surface area contributed by atoms with Crippen LogP contribution in [0.5, 0.6) is 17.2 Å². The van der Waals surface area contributed by atoms with Gasteiger partial charge in [-0.05, 0) is 33.1 Å². The summed E-state index contributed by atoms with van der Waals surface area (Å²) < 4.78 is 5.08. The lowest BCUT2D eigenvalue weighted by Crippen LogP contribution is -2.01. The number of unbranched alkanes of at least 4 members (excludes halogenated alkanes) is 2. The van der Waals surface area contributed by atoms with Crippen molar-refractivity contribution in [3.8, 4) is 17.2 Å². The van der Waals surface area contributed by atoms with Gasteiger partial charge in [-0.15, -0.1) is 10.1 Å². The maximum absolute atomic E-state index is 10.2. The molecule has 0 saturated carbocycles. The quantitative estimate of drug-likeness (QED) is 0.331. The number of allylic oxidation sites excluding steroid dienone is 1. The van der Waals surface area contributed by atoms with Gasteiger partial charge in [-0.25, -0.2) is 0 Å². The predicted octanol–water partition coefficient (Wildman–Crippen LogP) is 3.12. The molecular weight excluding hydrogens is 290 g/mol. The second-order valence-electron chi connectivity index (χ2n) is 4.85. The molecule has 0 saturated heterocycles. The van der Waals surface area contributed by atoms with Crippen LogP contribution < -0.4 is 4.74 Å². The number of methoxy groups -OCH3 is 1. The molecule has 0 fully saturated rings. The molecule has 1 aromatic carbocycles. The zero-order chi connectivity index (χ0) is 16.7. The fourth-order valence-corrected chi connectivity index (χ4v) is 2.12. The van der Waals surface area contributed by atoms with Gasteiger partial charge in [-0.1, -0.05) is 12.2 Å². The first kappa shape index (κ1) is 17.6. The van der Waals surface area contributed by atoms with Gasteiger partial charge in [0.1, 0.15) is 5.75 Å². The molecule has 2 N–H and O–H groups in total. The summed E-state index contributed by atoms with van der Waals surface area (Å²) in [6, 6.07) is 0. The molecular formula is C15H21NO6. The van der Waals surface area contributed by atoms with Crippen LogP contribution in [0.15, 0.2) is 6.08 Å². The van der Waals surface area contributed by atoms with Crippen LogP contribution in [0.2, 0.25) is 0 Å². The maximum Gasteiger partial charge on any atom is 0.294 e. The normalized spacial score (nSPS) is 10.9. The van der Waals surface area contributed by atoms with E-state index in [0.29, 0.717) is 29.5 Å². The van der Waals surface area contributed by atoms with Crippen molar-refractivity contribution in [1.29, 1.82) is 0 Å². The third-order valence-corrected chi connectivity index (χ3v) is 3.38. The topological polar surface area (TPSA) is 102 Å². The second kappa shape index (κ2) is 8.11. The highest BCUT2D eigenvalue weighted by atomic mass is 16.9. The highest BCUT2D eigenvalue weighted by Gasteiger charge is 2.17. The van der Waals surface area contributed by atoms with Crippen molar-refractivity contribution in [3.05, 3.63) is 32.9 Å². The molecule has 0 unspecified atom stereocenters. The molecule has 0 heterocycles. The molecule has 1 aromatic rings. The molecule has 7 nitrogen and oxygen atoms in total. The Balaban J connectivity index is 2.70. The molecule has 0 bridgehead atoms. The molecule has 0 spiro atoms. The van der Waals surface area contributed by atoms with E-state index in [-0.39, 0.29) is 23.9 Å². The van der Waals surface area contributed by atoms with E-state index < -0.39 is 5.09 Å². The summed E-state index contributed by atoms with van der Waals surface area (Å²) >= 11 is 0. The second-order valence-corrected chi connectivity index (χ2v) is 4.85. The lowest BCUT2D eigenvalue weighted by Gasteiger charge is -2.14. The summed E-state index contributed by atoms with van der Waals surface area (Å²) in [7, 11) is 1.43. The smallest absolute Gasteiger partial charge is 0.294 e. The van der Waals surface area contributed by atoms with Crippen LogP contribution in [0, 0.1) is 24.0 Å². The molecule has 0 aliphatic carbocycles. The van der Waals surface area contributed by atoms with Gasteiger partial charge in [0, 0.05) is 16.7 Å². The Morgan fingerprint density at radius 1 is 1.18 bits per heavy atom. The molecule has 0 aliphatic heterocycles. The first-order chi connectivity index (χ1) is 10.4. The summed E-state index contributed by atoms with van der Waals surface area (Å²) in [4.78, 5) is 14.2.